The predicted molar refractivity (Wildman–Crippen MR) is 121 cm³/mol. The van der Waals surface area contributed by atoms with Crippen LogP contribution >= 0.6 is 0 Å². The van der Waals surface area contributed by atoms with Gasteiger partial charge in [-0.1, -0.05) is 37.6 Å². The number of nitrogens with zero attached hydrogens (tertiary/aromatic N) is 2. The van der Waals surface area contributed by atoms with Gasteiger partial charge in [-0.15, -0.1) is 0 Å². The van der Waals surface area contributed by atoms with Crippen molar-refractivity contribution in [3.05, 3.63) is 66.3 Å². The molecular weight excluding hydrogens is 410 g/mol. The lowest BCUT2D eigenvalue weighted by molar-refractivity contribution is -0.00267. The standard InChI is InChI=1S/C26H28F2N2O2/c1-3-5-21-11-10-19(16-32-21)26-29-14-20(15-30-26)17-6-8-18(9-7-17)22-12-13-23(31-4-2)25(28)24(22)27/h6-9,12-15,19,21H,3-5,10-11,16H2,1-2H3. The summed E-state index contributed by atoms with van der Waals surface area (Å²) in [7, 11) is 0. The Morgan fingerprint density at radius 3 is 2.25 bits per heavy atom. The zero-order chi connectivity index (χ0) is 22.5. The minimum atomic E-state index is -0.967. The first-order valence-corrected chi connectivity index (χ1v) is 11.3. The van der Waals surface area contributed by atoms with E-state index in [9.17, 15) is 8.78 Å². The number of benzene rings is 2. The van der Waals surface area contributed by atoms with E-state index in [-0.39, 0.29) is 23.8 Å². The topological polar surface area (TPSA) is 44.2 Å². The van der Waals surface area contributed by atoms with Gasteiger partial charge >= 0.3 is 0 Å². The van der Waals surface area contributed by atoms with E-state index >= 15 is 0 Å². The van der Waals surface area contributed by atoms with Crippen molar-refractivity contribution in [3.63, 3.8) is 0 Å². The van der Waals surface area contributed by atoms with Crippen LogP contribution in [0.4, 0.5) is 8.78 Å². The predicted octanol–water partition coefficient (Wildman–Crippen LogP) is 6.55. The van der Waals surface area contributed by atoms with Gasteiger partial charge in [0.1, 0.15) is 5.82 Å². The van der Waals surface area contributed by atoms with Gasteiger partial charge in [-0.25, -0.2) is 14.4 Å². The summed E-state index contributed by atoms with van der Waals surface area (Å²) in [6.07, 6.45) is 8.33. The fourth-order valence-corrected chi connectivity index (χ4v) is 4.12. The Hall–Kier alpha value is -2.86. The van der Waals surface area contributed by atoms with E-state index in [0.29, 0.717) is 18.3 Å². The summed E-state index contributed by atoms with van der Waals surface area (Å²) >= 11 is 0. The highest BCUT2D eigenvalue weighted by molar-refractivity contribution is 5.70. The van der Waals surface area contributed by atoms with Crippen molar-refractivity contribution in [1.29, 1.82) is 0 Å². The van der Waals surface area contributed by atoms with E-state index < -0.39 is 11.6 Å². The average molecular weight is 439 g/mol. The van der Waals surface area contributed by atoms with Gasteiger partial charge < -0.3 is 9.47 Å². The number of hydrogen-bond donors (Lipinski definition) is 0. The van der Waals surface area contributed by atoms with Crippen LogP contribution in [0.3, 0.4) is 0 Å². The Balaban J connectivity index is 1.46. The second-order valence-electron chi connectivity index (χ2n) is 8.10. The molecule has 1 aliphatic rings. The van der Waals surface area contributed by atoms with Crippen LogP contribution in [0, 0.1) is 11.6 Å². The molecule has 0 bridgehead atoms. The number of aromatic nitrogens is 2. The summed E-state index contributed by atoms with van der Waals surface area (Å²) in [5, 5.41) is 0. The molecule has 0 N–H and O–H groups in total. The molecule has 32 heavy (non-hydrogen) atoms. The molecule has 4 nitrogen and oxygen atoms in total. The van der Waals surface area contributed by atoms with Gasteiger partial charge in [0.25, 0.3) is 0 Å². The van der Waals surface area contributed by atoms with Crippen molar-refractivity contribution < 1.29 is 18.3 Å². The van der Waals surface area contributed by atoms with Gasteiger partial charge in [-0.3, -0.25) is 0 Å². The molecule has 2 atom stereocenters. The van der Waals surface area contributed by atoms with Gasteiger partial charge in [0.2, 0.25) is 5.82 Å². The SMILES string of the molecule is CCCC1CCC(c2ncc(-c3ccc(-c4ccc(OCC)c(F)c4F)cc3)cn2)CO1. The zero-order valence-corrected chi connectivity index (χ0v) is 18.5. The van der Waals surface area contributed by atoms with Crippen molar-refractivity contribution in [2.75, 3.05) is 13.2 Å². The molecule has 1 saturated heterocycles. The Kier molecular flexibility index (Phi) is 7.10. The molecule has 0 spiro atoms. The third-order valence-electron chi connectivity index (χ3n) is 5.89. The minimum absolute atomic E-state index is 0.0770. The summed E-state index contributed by atoms with van der Waals surface area (Å²) in [5.41, 5.74) is 2.57. The Morgan fingerprint density at radius 1 is 0.906 bits per heavy atom. The number of halogens is 2. The summed E-state index contributed by atoms with van der Waals surface area (Å²) in [6.45, 7) is 4.85. The lowest BCUT2D eigenvalue weighted by Crippen LogP contribution is -2.25. The maximum Gasteiger partial charge on any atom is 0.201 e. The molecule has 1 aliphatic heterocycles. The van der Waals surface area contributed by atoms with E-state index in [2.05, 4.69) is 16.9 Å². The highest BCUT2D eigenvalue weighted by atomic mass is 19.2. The maximum absolute atomic E-state index is 14.5. The van der Waals surface area contributed by atoms with Crippen LogP contribution in [0.2, 0.25) is 0 Å². The van der Waals surface area contributed by atoms with Crippen LogP contribution in [-0.2, 0) is 4.74 Å². The largest absolute Gasteiger partial charge is 0.491 e. The highest BCUT2D eigenvalue weighted by Crippen LogP contribution is 2.32. The van der Waals surface area contributed by atoms with Gasteiger partial charge in [0.05, 0.1) is 19.3 Å². The van der Waals surface area contributed by atoms with Crippen LogP contribution in [-0.4, -0.2) is 29.3 Å². The van der Waals surface area contributed by atoms with Gasteiger partial charge in [-0.2, -0.15) is 4.39 Å². The van der Waals surface area contributed by atoms with E-state index in [1.54, 1.807) is 19.1 Å². The molecule has 2 unspecified atom stereocenters. The maximum atomic E-state index is 14.5. The lowest BCUT2D eigenvalue weighted by Gasteiger charge is -2.28. The van der Waals surface area contributed by atoms with E-state index in [1.807, 2.05) is 24.5 Å². The molecule has 3 aromatic rings. The number of ether oxygens (including phenoxy) is 2. The van der Waals surface area contributed by atoms with E-state index in [0.717, 1.165) is 42.6 Å². The quantitative estimate of drug-likeness (QED) is 0.420. The fraction of sp³-hybridized carbons (Fsp3) is 0.385. The van der Waals surface area contributed by atoms with Crippen molar-refractivity contribution >= 4 is 0 Å². The van der Waals surface area contributed by atoms with Crippen LogP contribution in [0.25, 0.3) is 22.3 Å². The molecule has 1 fully saturated rings. The Morgan fingerprint density at radius 2 is 1.62 bits per heavy atom. The molecule has 1 aromatic heterocycles. The monoisotopic (exact) mass is 438 g/mol. The molecule has 6 heteroatoms. The highest BCUT2D eigenvalue weighted by Gasteiger charge is 2.24. The zero-order valence-electron chi connectivity index (χ0n) is 18.5. The molecule has 2 heterocycles. The van der Waals surface area contributed by atoms with E-state index in [1.165, 1.54) is 12.1 Å². The number of rotatable bonds is 7. The normalized spacial score (nSPS) is 18.5. The summed E-state index contributed by atoms with van der Waals surface area (Å²) in [4.78, 5) is 9.14. The summed E-state index contributed by atoms with van der Waals surface area (Å²) in [6, 6.07) is 10.3. The van der Waals surface area contributed by atoms with Crippen LogP contribution in [0.1, 0.15) is 51.3 Å². The lowest BCUT2D eigenvalue weighted by atomic mass is 9.95. The second kappa shape index (κ2) is 10.2. The van der Waals surface area contributed by atoms with Gasteiger partial charge in [-0.05, 0) is 49.4 Å². The average Bonchev–Trinajstić information content (AvgIpc) is 2.83. The third-order valence-corrected chi connectivity index (χ3v) is 5.89. The first-order chi connectivity index (χ1) is 15.6. The molecule has 0 radical (unpaired) electrons. The van der Waals surface area contributed by atoms with Crippen molar-refractivity contribution in [2.45, 2.75) is 51.6 Å². The van der Waals surface area contributed by atoms with Crippen molar-refractivity contribution in [1.82, 2.24) is 9.97 Å². The molecule has 4 rings (SSSR count). The fourth-order valence-electron chi connectivity index (χ4n) is 4.12. The molecule has 2 aromatic carbocycles. The summed E-state index contributed by atoms with van der Waals surface area (Å²) < 4.78 is 39.8. The first-order valence-electron chi connectivity index (χ1n) is 11.3. The molecular formula is C26H28F2N2O2. The molecule has 0 saturated carbocycles. The Bertz CT molecular complexity index is 1030. The third kappa shape index (κ3) is 4.80. The van der Waals surface area contributed by atoms with Crippen LogP contribution < -0.4 is 4.74 Å². The Labute approximate surface area is 187 Å². The van der Waals surface area contributed by atoms with Crippen molar-refractivity contribution in [3.8, 4) is 28.0 Å². The van der Waals surface area contributed by atoms with Gasteiger partial charge in [0.15, 0.2) is 11.6 Å². The number of hydrogen-bond acceptors (Lipinski definition) is 4. The van der Waals surface area contributed by atoms with E-state index in [4.69, 9.17) is 9.47 Å². The van der Waals surface area contributed by atoms with Crippen LogP contribution in [0.15, 0.2) is 48.8 Å². The molecule has 168 valence electrons. The van der Waals surface area contributed by atoms with Crippen molar-refractivity contribution in [2.24, 2.45) is 0 Å². The minimum Gasteiger partial charge on any atom is -0.491 e. The second-order valence-corrected chi connectivity index (χ2v) is 8.10. The summed E-state index contributed by atoms with van der Waals surface area (Å²) in [5.74, 6) is -0.909. The first kappa shape index (κ1) is 22.3. The van der Waals surface area contributed by atoms with Gasteiger partial charge in [0, 0.05) is 29.4 Å². The molecule has 0 aliphatic carbocycles. The smallest absolute Gasteiger partial charge is 0.201 e. The van der Waals surface area contributed by atoms with Crippen LogP contribution in [0.5, 0.6) is 5.75 Å². The molecule has 0 amide bonds.